The number of halogens is 6. The molecule has 1 aromatic heterocycles. The van der Waals surface area contributed by atoms with Gasteiger partial charge in [-0.25, -0.2) is 12.7 Å². The number of hydrogen-bond acceptors (Lipinski definition) is 5. The molecular formula is C20H25ClF5N3O4S. The number of hydrogen-bond donors (Lipinski definition) is 1. The van der Waals surface area contributed by atoms with E-state index < -0.39 is 45.6 Å². The summed E-state index contributed by atoms with van der Waals surface area (Å²) in [5, 5.41) is 9.40. The van der Waals surface area contributed by atoms with Gasteiger partial charge in [0.25, 0.3) is 5.91 Å². The predicted octanol–water partition coefficient (Wildman–Crippen LogP) is 4.41. The lowest BCUT2D eigenvalue weighted by atomic mass is 9.93. The Bertz CT molecular complexity index is 975. The number of pyridine rings is 1. The number of carbonyl (C=O) groups is 1. The van der Waals surface area contributed by atoms with Gasteiger partial charge in [-0.05, 0) is 43.7 Å². The molecule has 14 heteroatoms. The van der Waals surface area contributed by atoms with Gasteiger partial charge in [0, 0.05) is 49.1 Å². The normalized spacial score (nSPS) is 20.4. The lowest BCUT2D eigenvalue weighted by Crippen LogP contribution is -2.56. The summed E-state index contributed by atoms with van der Waals surface area (Å²) in [6.07, 6.45) is -4.30. The first-order valence-electron chi connectivity index (χ1n) is 10.8. The summed E-state index contributed by atoms with van der Waals surface area (Å²) in [5.41, 5.74) is 0.821. The number of hydroxylamine groups is 1. The Labute approximate surface area is 199 Å². The largest absolute Gasteiger partial charge is 0.453 e. The average Bonchev–Trinajstić information content (AvgIpc) is 3.29. The zero-order valence-corrected chi connectivity index (χ0v) is 19.6. The number of rotatable bonds is 7. The maximum absolute atomic E-state index is 13.3. The molecule has 192 valence electrons. The first kappa shape index (κ1) is 27.0. The molecule has 1 aromatic rings. The second-order valence-corrected chi connectivity index (χ2v) is 11.3. The summed E-state index contributed by atoms with van der Waals surface area (Å²) in [5.74, 6) is -5.99. The zero-order valence-electron chi connectivity index (χ0n) is 18.1. The van der Waals surface area contributed by atoms with E-state index in [4.69, 9.17) is 11.8 Å². The van der Waals surface area contributed by atoms with E-state index >= 15 is 0 Å². The molecule has 0 aromatic carbocycles. The molecule has 1 aliphatic carbocycles. The third kappa shape index (κ3) is 5.17. The number of alkyl halides is 5. The van der Waals surface area contributed by atoms with E-state index in [-0.39, 0.29) is 42.0 Å². The number of carbonyl (C=O) groups excluding carboxylic acids is 1. The fourth-order valence-electron chi connectivity index (χ4n) is 4.60. The smallest absolute Gasteiger partial charge is 0.270 e. The van der Waals surface area contributed by atoms with Crippen LogP contribution in [0.15, 0.2) is 18.3 Å². The lowest BCUT2D eigenvalue weighted by molar-refractivity contribution is -0.284. The van der Waals surface area contributed by atoms with Gasteiger partial charge in [-0.1, -0.05) is 18.9 Å². The SMILES string of the molecule is O=C(N(O)Cl)C1(S(=O)(=O)N2CCC(c3ccc(CCC(F)(F)C(F)(F)F)cn3)CC2)CCCC1. The van der Waals surface area contributed by atoms with E-state index in [1.54, 1.807) is 6.07 Å². The molecule has 0 bridgehead atoms. The van der Waals surface area contributed by atoms with Crippen molar-refractivity contribution in [3.8, 4) is 0 Å². The van der Waals surface area contributed by atoms with Gasteiger partial charge in [0.1, 0.15) is 0 Å². The second-order valence-electron chi connectivity index (χ2n) is 8.74. The Morgan fingerprint density at radius 1 is 1.18 bits per heavy atom. The van der Waals surface area contributed by atoms with Crippen LogP contribution >= 0.6 is 11.8 Å². The molecule has 1 N–H and O–H groups in total. The molecule has 1 aliphatic heterocycles. The van der Waals surface area contributed by atoms with E-state index in [9.17, 15) is 40.4 Å². The van der Waals surface area contributed by atoms with Crippen LogP contribution in [0.4, 0.5) is 22.0 Å². The van der Waals surface area contributed by atoms with Crippen molar-refractivity contribution < 1.29 is 40.4 Å². The average molecular weight is 534 g/mol. The molecule has 0 unspecified atom stereocenters. The molecule has 1 saturated heterocycles. The second kappa shape index (κ2) is 9.82. The van der Waals surface area contributed by atoms with Crippen molar-refractivity contribution in [3.63, 3.8) is 0 Å². The van der Waals surface area contributed by atoms with Crippen molar-refractivity contribution in [2.45, 2.75) is 74.1 Å². The summed E-state index contributed by atoms with van der Waals surface area (Å²) < 4.78 is 89.0. The lowest BCUT2D eigenvalue weighted by Gasteiger charge is -2.37. The highest BCUT2D eigenvalue weighted by atomic mass is 35.5. The van der Waals surface area contributed by atoms with E-state index in [1.165, 1.54) is 16.6 Å². The van der Waals surface area contributed by atoms with Crippen LogP contribution in [0.5, 0.6) is 0 Å². The van der Waals surface area contributed by atoms with Gasteiger partial charge in [0.2, 0.25) is 10.0 Å². The summed E-state index contributed by atoms with van der Waals surface area (Å²) in [4.78, 5) is 16.7. The standard InChI is InChI=1S/C20H25ClF5N3O4S/c21-29(31)17(30)18(8-1-2-9-18)34(32,33)28-11-6-15(7-12-28)16-4-3-14(13-27-16)5-10-19(22,23)20(24,25)26/h3-4,13,15,31H,1-2,5-12H2. The minimum Gasteiger partial charge on any atom is -0.270 e. The van der Waals surface area contributed by atoms with Crippen molar-refractivity contribution in [1.82, 2.24) is 13.9 Å². The Hall–Kier alpha value is -1.57. The summed E-state index contributed by atoms with van der Waals surface area (Å²) in [6, 6.07) is 3.00. The van der Waals surface area contributed by atoms with Gasteiger partial charge in [-0.15, -0.1) is 4.58 Å². The first-order chi connectivity index (χ1) is 15.7. The molecule has 34 heavy (non-hydrogen) atoms. The fourth-order valence-corrected chi connectivity index (χ4v) is 7.11. The van der Waals surface area contributed by atoms with Crippen LogP contribution in [0.1, 0.15) is 62.1 Å². The Kier molecular flexibility index (Phi) is 7.81. The minimum absolute atomic E-state index is 0.0638. The Morgan fingerprint density at radius 3 is 2.24 bits per heavy atom. The van der Waals surface area contributed by atoms with Crippen LogP contribution < -0.4 is 0 Å². The molecule has 0 atom stereocenters. The Morgan fingerprint density at radius 2 is 1.76 bits per heavy atom. The summed E-state index contributed by atoms with van der Waals surface area (Å²) in [7, 11) is -4.10. The van der Waals surface area contributed by atoms with Crippen LogP contribution in [0.3, 0.4) is 0 Å². The molecule has 3 rings (SSSR count). The molecule has 0 spiro atoms. The highest BCUT2D eigenvalue weighted by Gasteiger charge is 2.57. The van der Waals surface area contributed by atoms with E-state index in [2.05, 4.69) is 4.98 Å². The summed E-state index contributed by atoms with van der Waals surface area (Å²) >= 11 is 5.38. The molecule has 1 saturated carbocycles. The fraction of sp³-hybridized carbons (Fsp3) is 0.700. The predicted molar refractivity (Wildman–Crippen MR) is 112 cm³/mol. The van der Waals surface area contributed by atoms with Crippen LogP contribution in [-0.4, -0.2) is 63.3 Å². The van der Waals surface area contributed by atoms with Crippen LogP contribution in [0.25, 0.3) is 0 Å². The highest BCUT2D eigenvalue weighted by molar-refractivity contribution is 7.91. The van der Waals surface area contributed by atoms with Crippen molar-refractivity contribution in [1.29, 1.82) is 0 Å². The first-order valence-corrected chi connectivity index (χ1v) is 12.6. The maximum atomic E-state index is 13.3. The molecule has 2 fully saturated rings. The number of aryl methyl sites for hydroxylation is 1. The molecular weight excluding hydrogens is 509 g/mol. The van der Waals surface area contributed by atoms with Gasteiger partial charge >= 0.3 is 12.1 Å². The number of nitrogens with zero attached hydrogens (tertiary/aromatic N) is 3. The quantitative estimate of drug-likeness (QED) is 0.243. The molecule has 0 radical (unpaired) electrons. The topological polar surface area (TPSA) is 90.8 Å². The number of amides is 1. The van der Waals surface area contributed by atoms with Crippen LogP contribution in [0.2, 0.25) is 0 Å². The summed E-state index contributed by atoms with van der Waals surface area (Å²) in [6.45, 7) is 0.216. The number of sulfonamides is 1. The highest BCUT2D eigenvalue weighted by Crippen LogP contribution is 2.42. The maximum Gasteiger partial charge on any atom is 0.453 e. The van der Waals surface area contributed by atoms with Crippen molar-refractivity contribution >= 4 is 27.7 Å². The van der Waals surface area contributed by atoms with E-state index in [0.29, 0.717) is 31.4 Å². The van der Waals surface area contributed by atoms with E-state index in [0.717, 1.165) is 0 Å². The van der Waals surface area contributed by atoms with Crippen LogP contribution in [-0.2, 0) is 21.2 Å². The van der Waals surface area contributed by atoms with Gasteiger partial charge in [0.05, 0.1) is 0 Å². The monoisotopic (exact) mass is 533 g/mol. The van der Waals surface area contributed by atoms with E-state index in [1.807, 2.05) is 0 Å². The van der Waals surface area contributed by atoms with Crippen molar-refractivity contribution in [3.05, 3.63) is 29.6 Å². The van der Waals surface area contributed by atoms with Gasteiger partial charge in [-0.3, -0.25) is 15.0 Å². The zero-order chi connectivity index (χ0) is 25.4. The van der Waals surface area contributed by atoms with Crippen LogP contribution in [0, 0.1) is 0 Å². The van der Waals surface area contributed by atoms with Crippen molar-refractivity contribution in [2.24, 2.45) is 0 Å². The number of aromatic nitrogens is 1. The van der Waals surface area contributed by atoms with Gasteiger partial charge in [-0.2, -0.15) is 22.0 Å². The molecule has 2 aliphatic rings. The number of piperidine rings is 1. The molecule has 1 amide bonds. The minimum atomic E-state index is -5.60. The Balaban J connectivity index is 1.63. The molecule has 7 nitrogen and oxygen atoms in total. The third-order valence-corrected chi connectivity index (χ3v) is 9.43. The molecule has 2 heterocycles. The van der Waals surface area contributed by atoms with Gasteiger partial charge < -0.3 is 0 Å². The van der Waals surface area contributed by atoms with Crippen molar-refractivity contribution in [2.75, 3.05) is 13.1 Å². The third-order valence-electron chi connectivity index (χ3n) is 6.66. The van der Waals surface area contributed by atoms with Gasteiger partial charge in [0.15, 0.2) is 4.75 Å².